The van der Waals surface area contributed by atoms with Gasteiger partial charge in [0.2, 0.25) is 0 Å². The highest BCUT2D eigenvalue weighted by Gasteiger charge is 2.27. The lowest BCUT2D eigenvalue weighted by molar-refractivity contribution is 0.0943. The number of carbonyl (C=O) groups is 1. The molecule has 1 fully saturated rings. The average Bonchev–Trinajstić information content (AvgIpc) is 2.89. The van der Waals surface area contributed by atoms with Crippen molar-refractivity contribution < 1.29 is 9.90 Å². The molecular formula is C30H39N5O2. The van der Waals surface area contributed by atoms with E-state index in [1.807, 2.05) is 44.4 Å². The molecule has 0 radical (unpaired) electrons. The Bertz CT molecular complexity index is 1170. The molecule has 196 valence electrons. The van der Waals surface area contributed by atoms with Gasteiger partial charge in [0.15, 0.2) is 0 Å². The zero-order valence-electron chi connectivity index (χ0n) is 22.4. The Morgan fingerprint density at radius 3 is 2.46 bits per heavy atom. The first-order valence-electron chi connectivity index (χ1n) is 13.2. The molecule has 37 heavy (non-hydrogen) atoms. The summed E-state index contributed by atoms with van der Waals surface area (Å²) in [4.78, 5) is 26.3. The highest BCUT2D eigenvalue weighted by molar-refractivity contribution is 5.96. The predicted octanol–water partition coefficient (Wildman–Crippen LogP) is 4.79. The van der Waals surface area contributed by atoms with Crippen LogP contribution >= 0.6 is 0 Å². The Kier molecular flexibility index (Phi) is 8.77. The summed E-state index contributed by atoms with van der Waals surface area (Å²) in [6, 6.07) is 12.3. The number of nitrogens with zero attached hydrogens (tertiary/aromatic N) is 4. The lowest BCUT2D eigenvalue weighted by Gasteiger charge is -2.42. The third-order valence-electron chi connectivity index (χ3n) is 7.66. The van der Waals surface area contributed by atoms with Crippen molar-refractivity contribution in [1.82, 2.24) is 20.2 Å². The molecule has 1 aliphatic rings. The van der Waals surface area contributed by atoms with Gasteiger partial charge in [-0.1, -0.05) is 0 Å². The zero-order valence-corrected chi connectivity index (χ0v) is 22.4. The zero-order chi connectivity index (χ0) is 26.4. The van der Waals surface area contributed by atoms with Crippen molar-refractivity contribution in [3.05, 3.63) is 82.9 Å². The lowest BCUT2D eigenvalue weighted by atomic mass is 9.99. The van der Waals surface area contributed by atoms with Gasteiger partial charge in [-0.05, 0) is 100 Å². The Balaban J connectivity index is 1.33. The third kappa shape index (κ3) is 6.66. The Hall–Kier alpha value is -3.45. The van der Waals surface area contributed by atoms with Crippen LogP contribution in [0.1, 0.15) is 58.9 Å². The Labute approximate surface area is 220 Å². The first-order chi connectivity index (χ1) is 17.8. The van der Waals surface area contributed by atoms with Crippen molar-refractivity contribution in [3.8, 4) is 5.75 Å². The van der Waals surface area contributed by atoms with Gasteiger partial charge in [-0.25, -0.2) is 0 Å². The second-order valence-corrected chi connectivity index (χ2v) is 10.2. The number of nitrogens with one attached hydrogen (secondary N) is 1. The van der Waals surface area contributed by atoms with E-state index >= 15 is 0 Å². The van der Waals surface area contributed by atoms with Gasteiger partial charge in [-0.2, -0.15) is 0 Å². The molecule has 0 bridgehead atoms. The molecule has 1 atom stereocenters. The van der Waals surface area contributed by atoms with Crippen LogP contribution in [0.3, 0.4) is 0 Å². The summed E-state index contributed by atoms with van der Waals surface area (Å²) in [5.41, 5.74) is 6.00. The van der Waals surface area contributed by atoms with Gasteiger partial charge in [0.1, 0.15) is 5.75 Å². The monoisotopic (exact) mass is 501 g/mol. The van der Waals surface area contributed by atoms with Crippen LogP contribution in [-0.2, 0) is 6.54 Å². The van der Waals surface area contributed by atoms with Crippen molar-refractivity contribution in [2.24, 2.45) is 0 Å². The van der Waals surface area contributed by atoms with Gasteiger partial charge in [0, 0.05) is 62.5 Å². The van der Waals surface area contributed by atoms with E-state index in [4.69, 9.17) is 0 Å². The first kappa shape index (κ1) is 26.6. The third-order valence-corrected chi connectivity index (χ3v) is 7.66. The van der Waals surface area contributed by atoms with Gasteiger partial charge < -0.3 is 20.2 Å². The maximum Gasteiger partial charge on any atom is 0.253 e. The standard InChI is InChI=1S/C30H39N5O2/c1-21-9-14-31-19-25(21)20-35(26-5-7-28(36)8-6-26)27-12-17-34(18-13-27)23(3)11-16-33-30(37)29-22(2)10-15-32-24(29)4/h5-10,14-15,19,23,27,36H,11-13,16-18,20H2,1-4H3,(H,33,37). The van der Waals surface area contributed by atoms with Gasteiger partial charge >= 0.3 is 0 Å². The molecule has 7 nitrogen and oxygen atoms in total. The quantitative estimate of drug-likeness (QED) is 0.439. The number of phenolic OH excluding ortho intramolecular Hbond substituents is 1. The summed E-state index contributed by atoms with van der Waals surface area (Å²) in [5, 5.41) is 12.9. The summed E-state index contributed by atoms with van der Waals surface area (Å²) in [6.07, 6.45) is 8.57. The van der Waals surface area contributed by atoms with Crippen LogP contribution in [0, 0.1) is 20.8 Å². The number of piperidine rings is 1. The minimum absolute atomic E-state index is 0.0377. The number of carbonyl (C=O) groups excluding carboxylic acids is 1. The maximum atomic E-state index is 12.7. The van der Waals surface area contributed by atoms with E-state index in [1.165, 1.54) is 11.1 Å². The second-order valence-electron chi connectivity index (χ2n) is 10.2. The van der Waals surface area contributed by atoms with Crippen molar-refractivity contribution in [1.29, 1.82) is 0 Å². The fourth-order valence-corrected chi connectivity index (χ4v) is 5.26. The van der Waals surface area contributed by atoms with Crippen LogP contribution in [0.15, 0.2) is 55.0 Å². The number of pyridine rings is 2. The van der Waals surface area contributed by atoms with E-state index in [2.05, 4.69) is 45.0 Å². The average molecular weight is 502 g/mol. The number of aromatic nitrogens is 2. The molecular weight excluding hydrogens is 462 g/mol. The van der Waals surface area contributed by atoms with Gasteiger partial charge in [-0.3, -0.25) is 14.8 Å². The Morgan fingerprint density at radius 2 is 1.78 bits per heavy atom. The number of hydrogen-bond acceptors (Lipinski definition) is 6. The number of aromatic hydroxyl groups is 1. The van der Waals surface area contributed by atoms with E-state index in [0.29, 0.717) is 24.2 Å². The number of aryl methyl sites for hydroxylation is 3. The fourth-order valence-electron chi connectivity index (χ4n) is 5.26. The molecule has 2 N–H and O–H groups in total. The van der Waals surface area contributed by atoms with Crippen molar-refractivity contribution >= 4 is 11.6 Å². The van der Waals surface area contributed by atoms with Crippen LogP contribution in [0.4, 0.5) is 5.69 Å². The van der Waals surface area contributed by atoms with Crippen LogP contribution in [0.2, 0.25) is 0 Å². The van der Waals surface area contributed by atoms with Gasteiger partial charge in [0.25, 0.3) is 5.91 Å². The molecule has 1 unspecified atom stereocenters. The smallest absolute Gasteiger partial charge is 0.253 e. The molecule has 2 aromatic heterocycles. The molecule has 1 aromatic carbocycles. The second kappa shape index (κ2) is 12.2. The topological polar surface area (TPSA) is 81.6 Å². The Morgan fingerprint density at radius 1 is 1.08 bits per heavy atom. The number of hydrogen-bond donors (Lipinski definition) is 2. The van der Waals surface area contributed by atoms with E-state index in [0.717, 1.165) is 55.8 Å². The van der Waals surface area contributed by atoms with Gasteiger partial charge in [-0.15, -0.1) is 0 Å². The van der Waals surface area contributed by atoms with E-state index in [9.17, 15) is 9.90 Å². The number of likely N-dealkylation sites (tertiary alicyclic amines) is 1. The van der Waals surface area contributed by atoms with Crippen LogP contribution in [-0.4, -0.2) is 57.6 Å². The molecule has 0 saturated carbocycles. The molecule has 3 heterocycles. The minimum Gasteiger partial charge on any atom is -0.508 e. The van der Waals surface area contributed by atoms with E-state index in [1.54, 1.807) is 18.3 Å². The van der Waals surface area contributed by atoms with Crippen molar-refractivity contribution in [2.75, 3.05) is 24.5 Å². The predicted molar refractivity (Wildman–Crippen MR) is 148 cm³/mol. The summed E-state index contributed by atoms with van der Waals surface area (Å²) < 4.78 is 0. The number of amides is 1. The van der Waals surface area contributed by atoms with Crippen LogP contribution in [0.5, 0.6) is 5.75 Å². The molecule has 4 rings (SSSR count). The van der Waals surface area contributed by atoms with E-state index < -0.39 is 0 Å². The fraction of sp³-hybridized carbons (Fsp3) is 0.433. The van der Waals surface area contributed by atoms with Crippen molar-refractivity contribution in [3.63, 3.8) is 0 Å². The number of anilines is 1. The van der Waals surface area contributed by atoms with Crippen LogP contribution in [0.25, 0.3) is 0 Å². The molecule has 1 saturated heterocycles. The normalized spacial score (nSPS) is 15.4. The van der Waals surface area contributed by atoms with Crippen LogP contribution < -0.4 is 10.2 Å². The van der Waals surface area contributed by atoms with E-state index in [-0.39, 0.29) is 11.7 Å². The number of rotatable bonds is 9. The molecule has 3 aromatic rings. The summed E-state index contributed by atoms with van der Waals surface area (Å²) >= 11 is 0. The van der Waals surface area contributed by atoms with Crippen molar-refractivity contribution in [2.45, 2.75) is 65.6 Å². The summed E-state index contributed by atoms with van der Waals surface area (Å²) in [6.45, 7) is 11.7. The molecule has 0 spiro atoms. The van der Waals surface area contributed by atoms with Gasteiger partial charge in [0.05, 0.1) is 11.3 Å². The largest absolute Gasteiger partial charge is 0.508 e. The number of benzene rings is 1. The summed E-state index contributed by atoms with van der Waals surface area (Å²) in [7, 11) is 0. The molecule has 1 amide bonds. The first-order valence-corrected chi connectivity index (χ1v) is 13.2. The SMILES string of the molecule is Cc1ccncc1CN(c1ccc(O)cc1)C1CCN(C(C)CCNC(=O)c2c(C)ccnc2C)CC1. The molecule has 7 heteroatoms. The minimum atomic E-state index is -0.0377. The lowest BCUT2D eigenvalue weighted by Crippen LogP contribution is -2.48. The number of phenols is 1. The molecule has 0 aliphatic carbocycles. The summed E-state index contributed by atoms with van der Waals surface area (Å²) in [5.74, 6) is 0.245. The highest BCUT2D eigenvalue weighted by Crippen LogP contribution is 2.28. The highest BCUT2D eigenvalue weighted by atomic mass is 16.3. The molecule has 1 aliphatic heterocycles. The maximum absolute atomic E-state index is 12.7.